The molecule has 5 nitrogen and oxygen atoms in total. The number of carbonyl (C=O) groups is 1. The summed E-state index contributed by atoms with van der Waals surface area (Å²) in [7, 11) is 3.28. The maximum Gasteiger partial charge on any atom is 0.223 e. The van der Waals surface area contributed by atoms with Crippen molar-refractivity contribution in [1.29, 1.82) is 0 Å². The summed E-state index contributed by atoms with van der Waals surface area (Å²) in [6.07, 6.45) is 9.65. The minimum Gasteiger partial charge on any atom is -0.493 e. The lowest BCUT2D eigenvalue weighted by atomic mass is 9.90. The predicted octanol–water partition coefficient (Wildman–Crippen LogP) is 3.41. The third-order valence-corrected chi connectivity index (χ3v) is 6.15. The molecule has 1 saturated heterocycles. The normalized spacial score (nSPS) is 19.6. The Labute approximate surface area is 163 Å². The van der Waals surface area contributed by atoms with Crippen LogP contribution in [0.2, 0.25) is 0 Å². The first-order valence-corrected chi connectivity index (χ1v) is 10.4. The Hall–Kier alpha value is -1.75. The van der Waals surface area contributed by atoms with E-state index in [4.69, 9.17) is 9.47 Å². The van der Waals surface area contributed by atoms with Crippen molar-refractivity contribution in [1.82, 2.24) is 10.2 Å². The van der Waals surface area contributed by atoms with E-state index in [1.807, 2.05) is 18.2 Å². The summed E-state index contributed by atoms with van der Waals surface area (Å²) in [5.41, 5.74) is 1.14. The van der Waals surface area contributed by atoms with E-state index in [0.29, 0.717) is 6.54 Å². The number of likely N-dealkylation sites (tertiary alicyclic amines) is 1. The SMILES string of the molecule is COc1ccc(CCNC(=O)C2CCN(C3CCCCC3)CC2)cc1OC. The molecule has 0 unspecified atom stereocenters. The molecule has 1 N–H and O–H groups in total. The minimum absolute atomic E-state index is 0.176. The van der Waals surface area contributed by atoms with Crippen molar-refractivity contribution < 1.29 is 14.3 Å². The summed E-state index contributed by atoms with van der Waals surface area (Å²) >= 11 is 0. The van der Waals surface area contributed by atoms with Crippen LogP contribution in [0.5, 0.6) is 11.5 Å². The molecule has 1 aliphatic carbocycles. The molecule has 1 aliphatic heterocycles. The van der Waals surface area contributed by atoms with E-state index in [1.165, 1.54) is 32.1 Å². The van der Waals surface area contributed by atoms with Crippen molar-refractivity contribution in [3.8, 4) is 11.5 Å². The van der Waals surface area contributed by atoms with Crippen molar-refractivity contribution >= 4 is 5.91 Å². The molecule has 0 atom stereocenters. The van der Waals surface area contributed by atoms with Crippen LogP contribution >= 0.6 is 0 Å². The lowest BCUT2D eigenvalue weighted by Gasteiger charge is -2.38. The van der Waals surface area contributed by atoms with E-state index in [-0.39, 0.29) is 11.8 Å². The third-order valence-electron chi connectivity index (χ3n) is 6.15. The molecule has 2 aliphatic rings. The number of ether oxygens (including phenoxy) is 2. The highest BCUT2D eigenvalue weighted by Crippen LogP contribution is 2.28. The number of benzene rings is 1. The predicted molar refractivity (Wildman–Crippen MR) is 107 cm³/mol. The van der Waals surface area contributed by atoms with Crippen LogP contribution in [0, 0.1) is 5.92 Å². The molecule has 1 aromatic rings. The zero-order chi connectivity index (χ0) is 19.1. The highest BCUT2D eigenvalue weighted by molar-refractivity contribution is 5.78. The van der Waals surface area contributed by atoms with Gasteiger partial charge in [0, 0.05) is 18.5 Å². The monoisotopic (exact) mass is 374 g/mol. The molecule has 150 valence electrons. The van der Waals surface area contributed by atoms with Crippen molar-refractivity contribution in [2.45, 2.75) is 57.4 Å². The number of hydrogen-bond donors (Lipinski definition) is 1. The van der Waals surface area contributed by atoms with E-state index in [9.17, 15) is 4.79 Å². The number of nitrogens with one attached hydrogen (secondary N) is 1. The second kappa shape index (κ2) is 9.98. The lowest BCUT2D eigenvalue weighted by molar-refractivity contribution is -0.126. The van der Waals surface area contributed by atoms with Gasteiger partial charge in [-0.05, 0) is 62.9 Å². The summed E-state index contributed by atoms with van der Waals surface area (Å²) < 4.78 is 10.6. The van der Waals surface area contributed by atoms with Gasteiger partial charge in [-0.15, -0.1) is 0 Å². The largest absolute Gasteiger partial charge is 0.493 e. The molecule has 0 radical (unpaired) electrons. The molecule has 0 aromatic heterocycles. The summed E-state index contributed by atoms with van der Waals surface area (Å²) in [6.45, 7) is 2.83. The van der Waals surface area contributed by atoms with Crippen LogP contribution in [0.15, 0.2) is 18.2 Å². The quantitative estimate of drug-likeness (QED) is 0.795. The number of hydrogen-bond acceptors (Lipinski definition) is 4. The Kier molecular flexibility index (Phi) is 7.39. The van der Waals surface area contributed by atoms with Crippen molar-refractivity contribution in [3.05, 3.63) is 23.8 Å². The second-order valence-corrected chi connectivity index (χ2v) is 7.83. The molecule has 0 spiro atoms. The van der Waals surface area contributed by atoms with Crippen LogP contribution in [0.3, 0.4) is 0 Å². The summed E-state index contributed by atoms with van der Waals surface area (Å²) in [4.78, 5) is 15.2. The Bertz CT molecular complexity index is 606. The number of nitrogens with zero attached hydrogens (tertiary/aromatic N) is 1. The molecule has 1 amide bonds. The van der Waals surface area contributed by atoms with Gasteiger partial charge in [0.15, 0.2) is 11.5 Å². The van der Waals surface area contributed by atoms with Gasteiger partial charge in [0.1, 0.15) is 0 Å². The summed E-state index contributed by atoms with van der Waals surface area (Å²) in [6, 6.07) is 6.69. The van der Waals surface area contributed by atoms with Gasteiger partial charge >= 0.3 is 0 Å². The molecule has 1 heterocycles. The fourth-order valence-corrected chi connectivity index (χ4v) is 4.48. The van der Waals surface area contributed by atoms with Gasteiger partial charge in [-0.2, -0.15) is 0 Å². The maximum atomic E-state index is 12.5. The van der Waals surface area contributed by atoms with Gasteiger partial charge in [-0.25, -0.2) is 0 Å². The summed E-state index contributed by atoms with van der Waals surface area (Å²) in [5, 5.41) is 3.13. The number of rotatable bonds is 7. The van der Waals surface area contributed by atoms with Crippen LogP contribution < -0.4 is 14.8 Å². The number of methoxy groups -OCH3 is 2. The van der Waals surface area contributed by atoms with Gasteiger partial charge in [0.05, 0.1) is 14.2 Å². The molecule has 5 heteroatoms. The van der Waals surface area contributed by atoms with E-state index < -0.39 is 0 Å². The van der Waals surface area contributed by atoms with Crippen molar-refractivity contribution in [2.24, 2.45) is 5.92 Å². The smallest absolute Gasteiger partial charge is 0.223 e. The molecule has 1 saturated carbocycles. The second-order valence-electron chi connectivity index (χ2n) is 7.83. The van der Waals surface area contributed by atoms with Crippen LogP contribution in [0.1, 0.15) is 50.5 Å². The van der Waals surface area contributed by atoms with Crippen LogP contribution in [-0.4, -0.2) is 50.7 Å². The average Bonchev–Trinajstić information content (AvgIpc) is 2.74. The highest BCUT2D eigenvalue weighted by atomic mass is 16.5. The zero-order valence-corrected chi connectivity index (χ0v) is 16.8. The highest BCUT2D eigenvalue weighted by Gasteiger charge is 2.29. The van der Waals surface area contributed by atoms with E-state index in [1.54, 1.807) is 14.2 Å². The number of amides is 1. The molecule has 1 aromatic carbocycles. The van der Waals surface area contributed by atoms with Crippen LogP contribution in [-0.2, 0) is 11.2 Å². The summed E-state index contributed by atoms with van der Waals surface area (Å²) in [5.74, 6) is 1.86. The zero-order valence-electron chi connectivity index (χ0n) is 16.8. The van der Waals surface area contributed by atoms with Gasteiger partial charge < -0.3 is 19.7 Å². The number of carbonyl (C=O) groups excluding carboxylic acids is 1. The van der Waals surface area contributed by atoms with Crippen molar-refractivity contribution in [3.63, 3.8) is 0 Å². The Morgan fingerprint density at radius 3 is 2.41 bits per heavy atom. The van der Waals surface area contributed by atoms with E-state index in [0.717, 1.165) is 55.5 Å². The van der Waals surface area contributed by atoms with Crippen LogP contribution in [0.25, 0.3) is 0 Å². The fraction of sp³-hybridized carbons (Fsp3) is 0.682. The lowest BCUT2D eigenvalue weighted by Crippen LogP contribution is -2.45. The Morgan fingerprint density at radius 1 is 1.04 bits per heavy atom. The molecule has 0 bridgehead atoms. The van der Waals surface area contributed by atoms with Gasteiger partial charge in [0.2, 0.25) is 5.91 Å². The van der Waals surface area contributed by atoms with E-state index in [2.05, 4.69) is 10.2 Å². The topological polar surface area (TPSA) is 50.8 Å². The van der Waals surface area contributed by atoms with Crippen LogP contribution in [0.4, 0.5) is 0 Å². The van der Waals surface area contributed by atoms with Gasteiger partial charge in [0.25, 0.3) is 0 Å². The molecule has 3 rings (SSSR count). The Balaban J connectivity index is 1.40. The number of piperidine rings is 1. The van der Waals surface area contributed by atoms with Gasteiger partial charge in [-0.3, -0.25) is 4.79 Å². The maximum absolute atomic E-state index is 12.5. The first kappa shape index (κ1) is 20.0. The molecular formula is C22H34N2O3. The standard InChI is InChI=1S/C22H34N2O3/c1-26-20-9-8-17(16-21(20)27-2)10-13-23-22(25)18-11-14-24(15-12-18)19-6-4-3-5-7-19/h8-9,16,18-19H,3-7,10-15H2,1-2H3,(H,23,25). The van der Waals surface area contributed by atoms with E-state index >= 15 is 0 Å². The molecule has 27 heavy (non-hydrogen) atoms. The average molecular weight is 375 g/mol. The Morgan fingerprint density at radius 2 is 1.74 bits per heavy atom. The fourth-order valence-electron chi connectivity index (χ4n) is 4.48. The molecular weight excluding hydrogens is 340 g/mol. The first-order valence-electron chi connectivity index (χ1n) is 10.4. The third kappa shape index (κ3) is 5.38. The first-order chi connectivity index (χ1) is 13.2. The van der Waals surface area contributed by atoms with Crippen molar-refractivity contribution in [2.75, 3.05) is 33.9 Å². The molecule has 2 fully saturated rings. The minimum atomic E-state index is 0.176. The van der Waals surface area contributed by atoms with Gasteiger partial charge in [-0.1, -0.05) is 25.3 Å².